The fraction of sp³-hybridized carbons (Fsp3) is 0.417. The third kappa shape index (κ3) is 2.12. The van der Waals surface area contributed by atoms with E-state index in [1.54, 1.807) is 6.07 Å². The van der Waals surface area contributed by atoms with Crippen molar-refractivity contribution in [1.29, 1.82) is 0 Å². The van der Waals surface area contributed by atoms with Gasteiger partial charge in [0.2, 0.25) is 0 Å². The molecule has 1 unspecified atom stereocenters. The number of hydroxylamine groups is 1. The van der Waals surface area contributed by atoms with Crippen molar-refractivity contribution >= 4 is 17.6 Å². The first-order valence-corrected chi connectivity index (χ1v) is 6.19. The summed E-state index contributed by atoms with van der Waals surface area (Å²) in [6, 6.07) is 4.79. The maximum absolute atomic E-state index is 11.8. The fourth-order valence-electron chi connectivity index (χ4n) is 2.68. The van der Waals surface area contributed by atoms with E-state index in [1.165, 1.54) is 18.3 Å². The molecule has 2 aliphatic heterocycles. The summed E-state index contributed by atoms with van der Waals surface area (Å²) in [6.07, 6.45) is 1.45. The third-order valence-corrected chi connectivity index (χ3v) is 3.56. The number of nitrogens with zero attached hydrogens (tertiary/aromatic N) is 3. The van der Waals surface area contributed by atoms with Crippen LogP contribution in [-0.2, 0) is 0 Å². The monoisotopic (exact) mass is 262 g/mol. The largest absolute Gasteiger partial charge is 0.624 e. The Labute approximate surface area is 109 Å². The summed E-state index contributed by atoms with van der Waals surface area (Å²) in [4.78, 5) is 12.5. The average molecular weight is 262 g/mol. The van der Waals surface area contributed by atoms with Crippen molar-refractivity contribution in [3.05, 3.63) is 39.1 Å². The van der Waals surface area contributed by atoms with E-state index in [1.807, 2.05) is 0 Å². The van der Waals surface area contributed by atoms with Gasteiger partial charge in [0.05, 0.1) is 16.2 Å². The van der Waals surface area contributed by atoms with Gasteiger partial charge in [0.15, 0.2) is 12.8 Å². The second-order valence-electron chi connectivity index (χ2n) is 4.78. The summed E-state index contributed by atoms with van der Waals surface area (Å²) in [7, 11) is 0. The van der Waals surface area contributed by atoms with Crippen molar-refractivity contribution in [3.8, 4) is 0 Å². The number of hydrogen-bond donors (Lipinski definition) is 1. The summed E-state index contributed by atoms with van der Waals surface area (Å²) in [5.41, 5.74) is 1.53. The van der Waals surface area contributed by atoms with Crippen molar-refractivity contribution in [2.75, 3.05) is 31.1 Å². The number of fused-ring (bicyclic) bond motifs is 3. The lowest BCUT2D eigenvalue weighted by molar-refractivity contribution is -0.454. The van der Waals surface area contributed by atoms with Crippen LogP contribution < -0.4 is 10.2 Å². The minimum Gasteiger partial charge on any atom is -0.624 e. The standard InChI is InChI=1S/C12H14N4O3/c17-14-7-9-5-10(16(18)19)1-2-12(9)15-4-3-13-6-11(15)8-14/h1-2,5,7,11,13H,3-4,6,8H2. The SMILES string of the molecule is O=[N+]([O-])c1ccc2c(c1)C=[N+]([O-])CC1CNCCN21. The van der Waals surface area contributed by atoms with E-state index in [2.05, 4.69) is 10.2 Å². The minimum atomic E-state index is -0.441. The highest BCUT2D eigenvalue weighted by Crippen LogP contribution is 2.28. The molecular weight excluding hydrogens is 248 g/mol. The van der Waals surface area contributed by atoms with Gasteiger partial charge in [0.1, 0.15) is 6.04 Å². The lowest BCUT2D eigenvalue weighted by Gasteiger charge is -2.35. The lowest BCUT2D eigenvalue weighted by atomic mass is 10.1. The molecule has 1 aromatic rings. The van der Waals surface area contributed by atoms with Gasteiger partial charge in [-0.1, -0.05) is 0 Å². The molecule has 1 aromatic carbocycles. The molecule has 0 amide bonds. The predicted molar refractivity (Wildman–Crippen MR) is 70.8 cm³/mol. The number of non-ortho nitro benzene ring substituents is 1. The van der Waals surface area contributed by atoms with Crippen LogP contribution in [0, 0.1) is 15.3 Å². The molecule has 1 saturated heterocycles. The Hall–Kier alpha value is -2.15. The van der Waals surface area contributed by atoms with Crippen LogP contribution >= 0.6 is 0 Å². The van der Waals surface area contributed by atoms with E-state index < -0.39 is 4.92 Å². The summed E-state index contributed by atoms with van der Waals surface area (Å²) in [6.45, 7) is 2.78. The zero-order valence-electron chi connectivity index (χ0n) is 10.3. The second-order valence-corrected chi connectivity index (χ2v) is 4.78. The molecular formula is C12H14N4O3. The van der Waals surface area contributed by atoms with Crippen molar-refractivity contribution < 1.29 is 9.66 Å². The summed E-state index contributed by atoms with van der Waals surface area (Å²) >= 11 is 0. The van der Waals surface area contributed by atoms with Crippen LogP contribution in [0.2, 0.25) is 0 Å². The molecule has 0 radical (unpaired) electrons. The molecule has 19 heavy (non-hydrogen) atoms. The number of rotatable bonds is 1. The Kier molecular flexibility index (Phi) is 2.83. The number of hydrogen-bond acceptors (Lipinski definition) is 5. The molecule has 100 valence electrons. The van der Waals surface area contributed by atoms with Gasteiger partial charge in [0, 0.05) is 31.8 Å². The molecule has 0 bridgehead atoms. The van der Waals surface area contributed by atoms with Gasteiger partial charge < -0.3 is 15.4 Å². The highest BCUT2D eigenvalue weighted by Gasteiger charge is 2.30. The van der Waals surface area contributed by atoms with Gasteiger partial charge in [-0.2, -0.15) is 0 Å². The van der Waals surface area contributed by atoms with Gasteiger partial charge in [-0.25, -0.2) is 4.74 Å². The van der Waals surface area contributed by atoms with Crippen molar-refractivity contribution in [2.45, 2.75) is 6.04 Å². The molecule has 1 fully saturated rings. The quantitative estimate of drug-likeness (QED) is 0.341. The molecule has 3 rings (SSSR count). The van der Waals surface area contributed by atoms with E-state index >= 15 is 0 Å². The van der Waals surface area contributed by atoms with Crippen molar-refractivity contribution in [2.24, 2.45) is 0 Å². The first kappa shape index (κ1) is 11.9. The molecule has 0 saturated carbocycles. The van der Waals surface area contributed by atoms with Crippen molar-refractivity contribution in [3.63, 3.8) is 0 Å². The molecule has 2 aliphatic rings. The Morgan fingerprint density at radius 1 is 1.47 bits per heavy atom. The van der Waals surface area contributed by atoms with E-state index in [9.17, 15) is 15.3 Å². The fourth-order valence-corrected chi connectivity index (χ4v) is 2.68. The molecule has 1 N–H and O–H groups in total. The number of piperazine rings is 1. The van der Waals surface area contributed by atoms with Crippen LogP contribution in [0.3, 0.4) is 0 Å². The van der Waals surface area contributed by atoms with Gasteiger partial charge in [-0.3, -0.25) is 10.1 Å². The normalized spacial score (nSPS) is 22.0. The Morgan fingerprint density at radius 2 is 2.32 bits per heavy atom. The molecule has 7 nitrogen and oxygen atoms in total. The van der Waals surface area contributed by atoms with E-state index in [4.69, 9.17) is 0 Å². The highest BCUT2D eigenvalue weighted by molar-refractivity contribution is 5.87. The number of anilines is 1. The molecule has 0 aliphatic carbocycles. The zero-order valence-corrected chi connectivity index (χ0v) is 10.3. The van der Waals surface area contributed by atoms with Crippen LogP contribution in [0.15, 0.2) is 18.2 Å². The maximum atomic E-state index is 11.8. The third-order valence-electron chi connectivity index (χ3n) is 3.56. The van der Waals surface area contributed by atoms with E-state index in [0.29, 0.717) is 12.1 Å². The van der Waals surface area contributed by atoms with Gasteiger partial charge >= 0.3 is 0 Å². The summed E-state index contributed by atoms with van der Waals surface area (Å²) in [5.74, 6) is 0. The highest BCUT2D eigenvalue weighted by atomic mass is 16.6. The lowest BCUT2D eigenvalue weighted by Crippen LogP contribution is -2.53. The Bertz CT molecular complexity index is 558. The first-order chi connectivity index (χ1) is 9.15. The molecule has 0 spiro atoms. The zero-order chi connectivity index (χ0) is 13.4. The topological polar surface area (TPSA) is 84.5 Å². The van der Waals surface area contributed by atoms with Crippen molar-refractivity contribution in [1.82, 2.24) is 5.32 Å². The van der Waals surface area contributed by atoms with Gasteiger partial charge in [-0.15, -0.1) is 0 Å². The second kappa shape index (κ2) is 4.51. The van der Waals surface area contributed by atoms with E-state index in [0.717, 1.165) is 30.1 Å². The van der Waals surface area contributed by atoms with Crippen LogP contribution in [0.5, 0.6) is 0 Å². The molecule has 2 heterocycles. The van der Waals surface area contributed by atoms with Crippen LogP contribution in [0.1, 0.15) is 5.56 Å². The van der Waals surface area contributed by atoms with Gasteiger partial charge in [0.25, 0.3) is 5.69 Å². The molecule has 1 atom stereocenters. The van der Waals surface area contributed by atoms with E-state index in [-0.39, 0.29) is 11.7 Å². The Morgan fingerprint density at radius 3 is 3.11 bits per heavy atom. The maximum Gasteiger partial charge on any atom is 0.270 e. The minimum absolute atomic E-state index is 0.0111. The smallest absolute Gasteiger partial charge is 0.270 e. The van der Waals surface area contributed by atoms with Crippen LogP contribution in [0.25, 0.3) is 0 Å². The molecule has 7 heteroatoms. The number of benzene rings is 1. The summed E-state index contributed by atoms with van der Waals surface area (Å²) in [5, 5.41) is 25.9. The van der Waals surface area contributed by atoms with Crippen LogP contribution in [0.4, 0.5) is 11.4 Å². The van der Waals surface area contributed by atoms with Gasteiger partial charge in [-0.05, 0) is 6.07 Å². The average Bonchev–Trinajstić information content (AvgIpc) is 2.53. The Balaban J connectivity index is 2.08. The molecule has 0 aromatic heterocycles. The number of nitro benzene ring substituents is 1. The number of nitrogens with one attached hydrogen (secondary N) is 1. The summed E-state index contributed by atoms with van der Waals surface area (Å²) < 4.78 is 0.861. The number of nitro groups is 1. The first-order valence-electron chi connectivity index (χ1n) is 6.19. The van der Waals surface area contributed by atoms with Crippen LogP contribution in [-0.4, -0.2) is 48.1 Å². The predicted octanol–water partition coefficient (Wildman–Crippen LogP) is 0.316.